The third-order valence-electron chi connectivity index (χ3n) is 2.98. The van der Waals surface area contributed by atoms with Crippen molar-refractivity contribution >= 4 is 17.4 Å². The predicted octanol–water partition coefficient (Wildman–Crippen LogP) is 3.30. The van der Waals surface area contributed by atoms with E-state index in [1.807, 2.05) is 18.2 Å². The van der Waals surface area contributed by atoms with E-state index in [1.165, 1.54) is 6.92 Å². The fourth-order valence-corrected chi connectivity index (χ4v) is 1.79. The van der Waals surface area contributed by atoms with Crippen molar-refractivity contribution in [1.82, 2.24) is 0 Å². The Morgan fingerprint density at radius 1 is 1.00 bits per heavy atom. The Morgan fingerprint density at radius 3 is 2.19 bits per heavy atom. The van der Waals surface area contributed by atoms with Gasteiger partial charge in [0.2, 0.25) is 0 Å². The molecule has 0 saturated carbocycles. The molecule has 2 aromatic rings. The van der Waals surface area contributed by atoms with Gasteiger partial charge in [-0.25, -0.2) is 0 Å². The number of para-hydroxylation sites is 1. The molecule has 4 nitrogen and oxygen atoms in total. The van der Waals surface area contributed by atoms with Crippen molar-refractivity contribution in [3.05, 3.63) is 60.2 Å². The van der Waals surface area contributed by atoms with E-state index in [0.29, 0.717) is 17.0 Å². The zero-order valence-electron chi connectivity index (χ0n) is 12.0. The number of hydrogen-bond donors (Lipinski definition) is 1. The lowest BCUT2D eigenvalue weighted by Gasteiger charge is -2.14. The van der Waals surface area contributed by atoms with Gasteiger partial charge in [-0.05, 0) is 50.2 Å². The predicted molar refractivity (Wildman–Crippen MR) is 81.6 cm³/mol. The molecule has 0 unspecified atom stereocenters. The van der Waals surface area contributed by atoms with Crippen LogP contribution in [0, 0.1) is 0 Å². The lowest BCUT2D eigenvalue weighted by molar-refractivity contribution is -0.122. The van der Waals surface area contributed by atoms with Crippen LogP contribution in [0.25, 0.3) is 0 Å². The highest BCUT2D eigenvalue weighted by atomic mass is 16.5. The maximum Gasteiger partial charge on any atom is 0.265 e. The summed E-state index contributed by atoms with van der Waals surface area (Å²) in [7, 11) is 0. The van der Waals surface area contributed by atoms with E-state index in [-0.39, 0.29) is 11.7 Å². The fraction of sp³-hybridized carbons (Fsp3) is 0.176. The molecule has 2 rings (SSSR count). The Kier molecular flexibility index (Phi) is 4.72. The van der Waals surface area contributed by atoms with Gasteiger partial charge in [-0.15, -0.1) is 0 Å². The highest BCUT2D eigenvalue weighted by Crippen LogP contribution is 2.13. The summed E-state index contributed by atoms with van der Waals surface area (Å²) < 4.78 is 5.54. The molecule has 4 heteroatoms. The molecular weight excluding hydrogens is 266 g/mol. The molecule has 0 heterocycles. The minimum Gasteiger partial charge on any atom is -0.481 e. The molecule has 0 bridgehead atoms. The van der Waals surface area contributed by atoms with Crippen molar-refractivity contribution in [2.45, 2.75) is 20.0 Å². The van der Waals surface area contributed by atoms with Crippen LogP contribution < -0.4 is 10.1 Å². The van der Waals surface area contributed by atoms with Crippen molar-refractivity contribution in [3.8, 4) is 5.75 Å². The quantitative estimate of drug-likeness (QED) is 0.857. The van der Waals surface area contributed by atoms with Crippen LogP contribution in [-0.2, 0) is 4.79 Å². The first-order valence-electron chi connectivity index (χ1n) is 6.70. The van der Waals surface area contributed by atoms with Crippen molar-refractivity contribution in [3.63, 3.8) is 0 Å². The molecule has 0 aliphatic carbocycles. The van der Waals surface area contributed by atoms with E-state index in [1.54, 1.807) is 43.3 Å². The maximum atomic E-state index is 12.0. The largest absolute Gasteiger partial charge is 0.481 e. The molecular formula is C17H17NO3. The molecule has 1 N–H and O–H groups in total. The molecule has 0 radical (unpaired) electrons. The van der Waals surface area contributed by atoms with E-state index >= 15 is 0 Å². The van der Waals surface area contributed by atoms with Crippen LogP contribution >= 0.6 is 0 Å². The SMILES string of the molecule is CC(=O)c1ccc(NC(=O)[C@H](C)Oc2ccccc2)cc1. The van der Waals surface area contributed by atoms with Crippen molar-refractivity contribution < 1.29 is 14.3 Å². The number of rotatable bonds is 5. The lowest BCUT2D eigenvalue weighted by atomic mass is 10.1. The van der Waals surface area contributed by atoms with Crippen LogP contribution in [0.3, 0.4) is 0 Å². The first-order chi connectivity index (χ1) is 10.1. The molecule has 2 aromatic carbocycles. The first-order valence-corrected chi connectivity index (χ1v) is 6.70. The van der Waals surface area contributed by atoms with Crippen molar-refractivity contribution in [1.29, 1.82) is 0 Å². The average Bonchev–Trinajstić information content (AvgIpc) is 2.48. The molecule has 0 aliphatic heterocycles. The molecule has 21 heavy (non-hydrogen) atoms. The van der Waals surface area contributed by atoms with Gasteiger partial charge in [0.25, 0.3) is 5.91 Å². The number of carbonyl (C=O) groups excluding carboxylic acids is 2. The van der Waals surface area contributed by atoms with Gasteiger partial charge in [-0.1, -0.05) is 18.2 Å². The highest BCUT2D eigenvalue weighted by molar-refractivity contribution is 5.96. The van der Waals surface area contributed by atoms with E-state index in [2.05, 4.69) is 5.32 Å². The molecule has 0 aromatic heterocycles. The number of amides is 1. The Hall–Kier alpha value is -2.62. The summed E-state index contributed by atoms with van der Waals surface area (Å²) in [6, 6.07) is 15.9. The zero-order valence-corrected chi connectivity index (χ0v) is 12.0. The molecule has 1 amide bonds. The van der Waals surface area contributed by atoms with Crippen molar-refractivity contribution in [2.24, 2.45) is 0 Å². The number of nitrogens with one attached hydrogen (secondary N) is 1. The minimum absolute atomic E-state index is 0.00587. The van der Waals surface area contributed by atoms with Crippen LogP contribution in [0.1, 0.15) is 24.2 Å². The molecule has 0 fully saturated rings. The fourth-order valence-electron chi connectivity index (χ4n) is 1.79. The third-order valence-corrected chi connectivity index (χ3v) is 2.98. The van der Waals surface area contributed by atoms with Gasteiger partial charge in [0.15, 0.2) is 11.9 Å². The summed E-state index contributed by atoms with van der Waals surface area (Å²) in [5.74, 6) is 0.398. The summed E-state index contributed by atoms with van der Waals surface area (Å²) >= 11 is 0. The van der Waals surface area contributed by atoms with Gasteiger partial charge >= 0.3 is 0 Å². The number of ether oxygens (including phenoxy) is 1. The summed E-state index contributed by atoms with van der Waals surface area (Å²) in [5.41, 5.74) is 1.25. The standard InChI is InChI=1S/C17H17NO3/c1-12(19)14-8-10-15(11-9-14)18-17(20)13(2)21-16-6-4-3-5-7-16/h3-11,13H,1-2H3,(H,18,20)/t13-/m0/s1. The first kappa shape index (κ1) is 14.8. The lowest BCUT2D eigenvalue weighted by Crippen LogP contribution is -2.30. The van der Waals surface area contributed by atoms with Gasteiger partial charge < -0.3 is 10.1 Å². The van der Waals surface area contributed by atoms with E-state index in [0.717, 1.165) is 0 Å². The number of anilines is 1. The van der Waals surface area contributed by atoms with E-state index in [4.69, 9.17) is 4.74 Å². The second-order valence-electron chi connectivity index (χ2n) is 4.70. The summed E-state index contributed by atoms with van der Waals surface area (Å²) in [6.07, 6.45) is -0.611. The van der Waals surface area contributed by atoms with Gasteiger partial charge in [-0.3, -0.25) is 9.59 Å². The molecule has 0 spiro atoms. The molecule has 108 valence electrons. The monoisotopic (exact) mass is 283 g/mol. The smallest absolute Gasteiger partial charge is 0.265 e. The molecule has 0 saturated heterocycles. The highest BCUT2D eigenvalue weighted by Gasteiger charge is 2.14. The summed E-state index contributed by atoms with van der Waals surface area (Å²) in [5, 5.41) is 2.75. The van der Waals surface area contributed by atoms with Gasteiger partial charge in [0, 0.05) is 11.3 Å². The molecule has 0 aliphatic rings. The molecule has 1 atom stereocenters. The zero-order chi connectivity index (χ0) is 15.2. The van der Waals surface area contributed by atoms with Crippen molar-refractivity contribution in [2.75, 3.05) is 5.32 Å². The van der Waals surface area contributed by atoms with E-state index in [9.17, 15) is 9.59 Å². The second kappa shape index (κ2) is 6.70. The Balaban J connectivity index is 1.95. The van der Waals surface area contributed by atoms with Crippen LogP contribution in [0.2, 0.25) is 0 Å². The normalized spacial score (nSPS) is 11.5. The maximum absolute atomic E-state index is 12.0. The Labute approximate surface area is 123 Å². The van der Waals surface area contributed by atoms with Crippen LogP contribution in [-0.4, -0.2) is 17.8 Å². The second-order valence-corrected chi connectivity index (χ2v) is 4.70. The number of hydrogen-bond acceptors (Lipinski definition) is 3. The number of ketones is 1. The topological polar surface area (TPSA) is 55.4 Å². The van der Waals surface area contributed by atoms with E-state index < -0.39 is 6.10 Å². The van der Waals surface area contributed by atoms with Gasteiger partial charge in [-0.2, -0.15) is 0 Å². The number of Topliss-reactive ketones (excluding diaryl/α,β-unsaturated/α-hetero) is 1. The van der Waals surface area contributed by atoms with Crippen LogP contribution in [0.4, 0.5) is 5.69 Å². The summed E-state index contributed by atoms with van der Waals surface area (Å²) in [4.78, 5) is 23.2. The summed E-state index contributed by atoms with van der Waals surface area (Å²) in [6.45, 7) is 3.19. The van der Waals surface area contributed by atoms with Crippen LogP contribution in [0.15, 0.2) is 54.6 Å². The average molecular weight is 283 g/mol. The third kappa shape index (κ3) is 4.18. The Bertz CT molecular complexity index is 620. The minimum atomic E-state index is -0.611. The number of benzene rings is 2. The van der Waals surface area contributed by atoms with Gasteiger partial charge in [0.05, 0.1) is 0 Å². The number of carbonyl (C=O) groups is 2. The van der Waals surface area contributed by atoms with Gasteiger partial charge in [0.1, 0.15) is 5.75 Å². The van der Waals surface area contributed by atoms with Crippen LogP contribution in [0.5, 0.6) is 5.75 Å². The Morgan fingerprint density at radius 2 is 1.62 bits per heavy atom.